The van der Waals surface area contributed by atoms with Gasteiger partial charge in [-0.2, -0.15) is 10.2 Å². The summed E-state index contributed by atoms with van der Waals surface area (Å²) in [5.74, 6) is -0.185. The minimum absolute atomic E-state index is 0.0440. The number of amides is 1. The Bertz CT molecular complexity index is 1240. The van der Waals surface area contributed by atoms with Gasteiger partial charge in [-0.3, -0.25) is 9.48 Å². The quantitative estimate of drug-likeness (QED) is 0.188. The number of carbonyl (C=O) groups is 2. The molecule has 3 rings (SSSR count). The van der Waals surface area contributed by atoms with Crippen molar-refractivity contribution in [1.82, 2.24) is 15.2 Å². The largest absolute Gasteiger partial charge is 0.493 e. The Morgan fingerprint density at radius 1 is 1.12 bits per heavy atom. The van der Waals surface area contributed by atoms with Crippen LogP contribution in [0.5, 0.6) is 11.5 Å². The van der Waals surface area contributed by atoms with Crippen LogP contribution in [0.25, 0.3) is 0 Å². The van der Waals surface area contributed by atoms with E-state index in [1.165, 1.54) is 7.11 Å². The van der Waals surface area contributed by atoms with Crippen LogP contribution in [0.2, 0.25) is 0 Å². The first-order valence-corrected chi connectivity index (χ1v) is 11.5. The first kappa shape index (κ1) is 24.7. The van der Waals surface area contributed by atoms with E-state index < -0.39 is 5.97 Å². The van der Waals surface area contributed by atoms with Crippen LogP contribution in [0.1, 0.15) is 34.2 Å². The number of hydrogen-bond donors (Lipinski definition) is 1. The van der Waals surface area contributed by atoms with Gasteiger partial charge in [0.05, 0.1) is 34.2 Å². The van der Waals surface area contributed by atoms with Crippen LogP contribution in [0.4, 0.5) is 0 Å². The number of rotatable bonds is 7. The second-order valence-electron chi connectivity index (χ2n) is 7.11. The number of aromatic nitrogens is 2. The van der Waals surface area contributed by atoms with Crippen molar-refractivity contribution in [2.24, 2.45) is 5.10 Å². The third kappa shape index (κ3) is 5.88. The van der Waals surface area contributed by atoms with Gasteiger partial charge in [-0.1, -0.05) is 12.1 Å². The summed E-state index contributed by atoms with van der Waals surface area (Å²) in [5, 5.41) is 8.49. The monoisotopic (exact) mass is 576 g/mol. The van der Waals surface area contributed by atoms with E-state index in [9.17, 15) is 9.59 Å². The zero-order chi connectivity index (χ0) is 24.1. The van der Waals surface area contributed by atoms with Crippen LogP contribution in [0, 0.1) is 13.8 Å². The van der Waals surface area contributed by atoms with Gasteiger partial charge < -0.3 is 9.47 Å². The van der Waals surface area contributed by atoms with E-state index in [0.717, 1.165) is 15.9 Å². The highest BCUT2D eigenvalue weighted by Gasteiger charge is 2.16. The normalized spacial score (nSPS) is 11.3. The molecule has 0 aliphatic carbocycles. The molecule has 2 aromatic carbocycles. The minimum Gasteiger partial charge on any atom is -0.493 e. The van der Waals surface area contributed by atoms with Crippen LogP contribution in [0.3, 0.4) is 0 Å². The lowest BCUT2D eigenvalue weighted by Crippen LogP contribution is -2.25. The van der Waals surface area contributed by atoms with E-state index in [4.69, 9.17) is 9.47 Å². The van der Waals surface area contributed by atoms with Gasteiger partial charge in [0, 0.05) is 10.0 Å². The van der Waals surface area contributed by atoms with Crippen molar-refractivity contribution < 1.29 is 19.1 Å². The summed E-state index contributed by atoms with van der Waals surface area (Å²) in [5.41, 5.74) is 5.87. The average Bonchev–Trinajstić information content (AvgIpc) is 3.04. The molecule has 0 aliphatic rings. The van der Waals surface area contributed by atoms with Gasteiger partial charge in [0.15, 0.2) is 11.5 Å². The van der Waals surface area contributed by atoms with Gasteiger partial charge in [0.25, 0.3) is 5.91 Å². The SMILES string of the molecule is COc1cc(/C(C)=N/NC(=O)Cn2nc(C)c(Br)c2C)ccc1OC(=O)c1ccccc1Br. The van der Waals surface area contributed by atoms with E-state index in [2.05, 4.69) is 47.5 Å². The van der Waals surface area contributed by atoms with E-state index in [0.29, 0.717) is 27.1 Å². The lowest BCUT2D eigenvalue weighted by molar-refractivity contribution is -0.121. The summed E-state index contributed by atoms with van der Waals surface area (Å²) < 4.78 is 14.0. The number of ether oxygens (including phenoxy) is 2. The molecule has 0 unspecified atom stereocenters. The van der Waals surface area contributed by atoms with Gasteiger partial charge in [0.2, 0.25) is 0 Å². The number of hydrogen-bond acceptors (Lipinski definition) is 6. The van der Waals surface area contributed by atoms with Crippen molar-refractivity contribution in [3.8, 4) is 11.5 Å². The van der Waals surface area contributed by atoms with Crippen LogP contribution in [0.15, 0.2) is 56.5 Å². The molecule has 0 fully saturated rings. The summed E-state index contributed by atoms with van der Waals surface area (Å²) in [6, 6.07) is 12.0. The van der Waals surface area contributed by atoms with E-state index in [1.807, 2.05) is 19.9 Å². The van der Waals surface area contributed by atoms with Gasteiger partial charge in [0.1, 0.15) is 6.54 Å². The lowest BCUT2D eigenvalue weighted by atomic mass is 10.1. The van der Waals surface area contributed by atoms with Crippen molar-refractivity contribution in [1.29, 1.82) is 0 Å². The summed E-state index contributed by atoms with van der Waals surface area (Å²) in [6.45, 7) is 5.54. The van der Waals surface area contributed by atoms with Gasteiger partial charge in [-0.05, 0) is 83.0 Å². The Hall–Kier alpha value is -2.98. The predicted octanol–water partition coefficient (Wildman–Crippen LogP) is 4.79. The number of carbonyl (C=O) groups excluding carboxylic acids is 2. The zero-order valence-electron chi connectivity index (χ0n) is 18.5. The molecule has 0 spiro atoms. The Morgan fingerprint density at radius 2 is 1.85 bits per heavy atom. The standard InChI is InChI=1S/C23H22Br2N4O4/c1-13(26-27-21(30)12-29-15(3)22(25)14(2)28-29)16-9-10-19(20(11-16)32-4)33-23(31)17-7-5-6-8-18(17)24/h5-11H,12H2,1-4H3,(H,27,30)/b26-13+. The minimum atomic E-state index is -0.512. The Balaban J connectivity index is 1.70. The molecule has 0 saturated heterocycles. The second-order valence-corrected chi connectivity index (χ2v) is 8.76. The fourth-order valence-corrected chi connectivity index (χ4v) is 3.70. The molecule has 1 amide bonds. The van der Waals surface area contributed by atoms with Gasteiger partial charge >= 0.3 is 5.97 Å². The smallest absolute Gasteiger partial charge is 0.344 e. The number of halogens is 2. The second kappa shape index (κ2) is 10.8. The van der Waals surface area contributed by atoms with E-state index >= 15 is 0 Å². The highest BCUT2D eigenvalue weighted by Crippen LogP contribution is 2.30. The van der Waals surface area contributed by atoms with E-state index in [1.54, 1.807) is 48.0 Å². The lowest BCUT2D eigenvalue weighted by Gasteiger charge is -2.12. The molecule has 8 nitrogen and oxygen atoms in total. The summed E-state index contributed by atoms with van der Waals surface area (Å²) >= 11 is 6.79. The molecule has 1 N–H and O–H groups in total. The van der Waals surface area contributed by atoms with Crippen molar-refractivity contribution in [2.45, 2.75) is 27.3 Å². The Kier molecular flexibility index (Phi) is 8.04. The number of benzene rings is 2. The molecular formula is C23H22Br2N4O4. The maximum atomic E-state index is 12.5. The zero-order valence-corrected chi connectivity index (χ0v) is 21.7. The molecule has 10 heteroatoms. The number of esters is 1. The van der Waals surface area contributed by atoms with Crippen molar-refractivity contribution in [3.63, 3.8) is 0 Å². The Labute approximate surface area is 208 Å². The van der Waals surface area contributed by atoms with Crippen LogP contribution in [-0.2, 0) is 11.3 Å². The first-order chi connectivity index (χ1) is 15.7. The van der Waals surface area contributed by atoms with Crippen LogP contribution in [-0.4, -0.2) is 34.5 Å². The highest BCUT2D eigenvalue weighted by atomic mass is 79.9. The topological polar surface area (TPSA) is 94.8 Å². The Morgan fingerprint density at radius 3 is 2.48 bits per heavy atom. The summed E-state index contributed by atoms with van der Waals surface area (Å²) in [7, 11) is 1.48. The molecule has 3 aromatic rings. The number of methoxy groups -OCH3 is 1. The third-order valence-electron chi connectivity index (χ3n) is 4.81. The average molecular weight is 578 g/mol. The molecule has 1 aromatic heterocycles. The fourth-order valence-electron chi connectivity index (χ4n) is 2.97. The van der Waals surface area contributed by atoms with Gasteiger partial charge in [-0.15, -0.1) is 0 Å². The molecule has 0 saturated carbocycles. The summed E-state index contributed by atoms with van der Waals surface area (Å²) in [6.07, 6.45) is 0. The molecule has 33 heavy (non-hydrogen) atoms. The van der Waals surface area contributed by atoms with Gasteiger partial charge in [-0.25, -0.2) is 10.2 Å². The van der Waals surface area contributed by atoms with Crippen molar-refractivity contribution >= 4 is 49.4 Å². The number of hydrazone groups is 1. The molecule has 172 valence electrons. The molecule has 1 heterocycles. The van der Waals surface area contributed by atoms with Crippen LogP contribution >= 0.6 is 31.9 Å². The molecule has 0 atom stereocenters. The predicted molar refractivity (Wildman–Crippen MR) is 132 cm³/mol. The fraction of sp³-hybridized carbons (Fsp3) is 0.217. The number of nitrogens with one attached hydrogen (secondary N) is 1. The number of nitrogens with zero attached hydrogens (tertiary/aromatic N) is 3. The summed E-state index contributed by atoms with van der Waals surface area (Å²) in [4.78, 5) is 24.8. The first-order valence-electron chi connectivity index (χ1n) is 9.89. The van der Waals surface area contributed by atoms with Crippen molar-refractivity contribution in [3.05, 3.63) is 73.9 Å². The maximum absolute atomic E-state index is 12.5. The number of aryl methyl sites for hydroxylation is 1. The maximum Gasteiger partial charge on any atom is 0.344 e. The molecule has 0 bridgehead atoms. The van der Waals surface area contributed by atoms with Crippen molar-refractivity contribution in [2.75, 3.05) is 7.11 Å². The molecular weight excluding hydrogens is 556 g/mol. The van der Waals surface area contributed by atoms with E-state index in [-0.39, 0.29) is 18.2 Å². The third-order valence-corrected chi connectivity index (χ3v) is 6.65. The molecule has 0 aliphatic heterocycles. The molecule has 0 radical (unpaired) electrons. The highest BCUT2D eigenvalue weighted by molar-refractivity contribution is 9.10. The van der Waals surface area contributed by atoms with Crippen LogP contribution < -0.4 is 14.9 Å².